The normalized spacial score (nSPS) is 10.9. The second kappa shape index (κ2) is 9.45. The van der Waals surface area contributed by atoms with Crippen LogP contribution in [0.15, 0.2) is 60.8 Å². The van der Waals surface area contributed by atoms with E-state index in [1.165, 1.54) is 24.8 Å². The minimum Gasteiger partial charge on any atom is -0.256 e. The Kier molecular flexibility index (Phi) is 6.75. The number of benzene rings is 2. The lowest BCUT2D eigenvalue weighted by atomic mass is 10.0. The van der Waals surface area contributed by atoms with Crippen molar-refractivity contribution in [2.75, 3.05) is 0 Å². The summed E-state index contributed by atoms with van der Waals surface area (Å²) in [4.78, 5) is 4.50. The van der Waals surface area contributed by atoms with E-state index in [1.807, 2.05) is 30.5 Å². The quantitative estimate of drug-likeness (QED) is 0.385. The third-order valence-electron chi connectivity index (χ3n) is 5.09. The number of rotatable bonds is 8. The molecule has 3 rings (SSSR count). The Balaban J connectivity index is 1.72. The van der Waals surface area contributed by atoms with Crippen molar-refractivity contribution in [1.29, 1.82) is 0 Å². The van der Waals surface area contributed by atoms with Crippen molar-refractivity contribution in [3.63, 3.8) is 0 Å². The summed E-state index contributed by atoms with van der Waals surface area (Å²) in [5, 5.41) is 0. The minimum absolute atomic E-state index is 0.185. The van der Waals surface area contributed by atoms with Gasteiger partial charge in [-0.25, -0.2) is 4.39 Å². The molecule has 2 aromatic carbocycles. The largest absolute Gasteiger partial charge is 0.256 e. The smallest absolute Gasteiger partial charge is 0.132 e. The van der Waals surface area contributed by atoms with Gasteiger partial charge in [0.05, 0.1) is 5.69 Å². The van der Waals surface area contributed by atoms with Gasteiger partial charge >= 0.3 is 0 Å². The van der Waals surface area contributed by atoms with E-state index < -0.39 is 0 Å². The van der Waals surface area contributed by atoms with Crippen molar-refractivity contribution < 1.29 is 4.39 Å². The molecule has 0 radical (unpaired) electrons. The molecule has 27 heavy (non-hydrogen) atoms. The number of nitrogens with zero attached hydrogens (tertiary/aromatic N) is 1. The lowest BCUT2D eigenvalue weighted by Crippen LogP contribution is -1.92. The molecule has 1 nitrogen and oxygen atoms in total. The first-order chi connectivity index (χ1) is 13.2. The molecule has 3 aromatic rings. The van der Waals surface area contributed by atoms with Gasteiger partial charge in [0.15, 0.2) is 0 Å². The number of aromatic nitrogens is 1. The van der Waals surface area contributed by atoms with Crippen LogP contribution in [0.5, 0.6) is 0 Å². The van der Waals surface area contributed by atoms with E-state index in [1.54, 1.807) is 6.07 Å². The molecule has 2 heteroatoms. The number of aryl methyl sites for hydroxylation is 2. The molecule has 0 aliphatic rings. The van der Waals surface area contributed by atoms with Crippen molar-refractivity contribution >= 4 is 0 Å². The lowest BCUT2D eigenvalue weighted by molar-refractivity contribution is 0.624. The molecule has 0 aliphatic heterocycles. The third kappa shape index (κ3) is 5.03. The van der Waals surface area contributed by atoms with Crippen LogP contribution in [-0.4, -0.2) is 4.98 Å². The molecular formula is C25H28FN. The topological polar surface area (TPSA) is 12.9 Å². The fourth-order valence-corrected chi connectivity index (χ4v) is 3.33. The molecule has 0 bridgehead atoms. The summed E-state index contributed by atoms with van der Waals surface area (Å²) in [5.74, 6) is -0.185. The van der Waals surface area contributed by atoms with Crippen molar-refractivity contribution in [2.45, 2.75) is 52.4 Å². The molecular weight excluding hydrogens is 333 g/mol. The number of pyridine rings is 1. The third-order valence-corrected chi connectivity index (χ3v) is 5.09. The second-order valence-corrected chi connectivity index (χ2v) is 7.11. The van der Waals surface area contributed by atoms with Crippen LogP contribution >= 0.6 is 0 Å². The van der Waals surface area contributed by atoms with Crippen LogP contribution in [0.3, 0.4) is 0 Å². The van der Waals surface area contributed by atoms with Gasteiger partial charge in [0.2, 0.25) is 0 Å². The zero-order valence-corrected chi connectivity index (χ0v) is 16.3. The van der Waals surface area contributed by atoms with E-state index in [4.69, 9.17) is 0 Å². The van der Waals surface area contributed by atoms with E-state index in [0.717, 1.165) is 36.0 Å². The molecule has 1 heterocycles. The number of unbranched alkanes of at least 4 members (excludes halogenated alkanes) is 3. The molecule has 0 N–H and O–H groups in total. The highest BCUT2D eigenvalue weighted by molar-refractivity contribution is 5.67. The Labute approximate surface area is 162 Å². The molecule has 0 spiro atoms. The molecule has 0 fully saturated rings. The van der Waals surface area contributed by atoms with Crippen LogP contribution in [0.25, 0.3) is 22.4 Å². The first kappa shape index (κ1) is 19.3. The van der Waals surface area contributed by atoms with Gasteiger partial charge in [0, 0.05) is 17.3 Å². The summed E-state index contributed by atoms with van der Waals surface area (Å²) >= 11 is 0. The maximum Gasteiger partial charge on any atom is 0.132 e. The van der Waals surface area contributed by atoms with Crippen LogP contribution in [0.1, 0.15) is 50.7 Å². The molecule has 0 atom stereocenters. The Morgan fingerprint density at radius 1 is 0.778 bits per heavy atom. The zero-order chi connectivity index (χ0) is 19.1. The Morgan fingerprint density at radius 2 is 1.52 bits per heavy atom. The van der Waals surface area contributed by atoms with Crippen LogP contribution in [0.2, 0.25) is 0 Å². The van der Waals surface area contributed by atoms with E-state index in [-0.39, 0.29) is 5.82 Å². The van der Waals surface area contributed by atoms with E-state index in [0.29, 0.717) is 11.3 Å². The van der Waals surface area contributed by atoms with Crippen molar-refractivity contribution in [3.8, 4) is 22.4 Å². The Hall–Kier alpha value is -2.48. The SMILES string of the molecule is CCCCCCc1ccc(-c2ccc(-c3ccc(CC)cc3)cn2)c(F)c1. The highest BCUT2D eigenvalue weighted by Crippen LogP contribution is 2.26. The summed E-state index contributed by atoms with van der Waals surface area (Å²) in [7, 11) is 0. The molecule has 0 amide bonds. The average molecular weight is 362 g/mol. The predicted octanol–water partition coefficient (Wildman–Crippen LogP) is 7.24. The molecule has 1 aromatic heterocycles. The van der Waals surface area contributed by atoms with Gasteiger partial charge < -0.3 is 0 Å². The van der Waals surface area contributed by atoms with Crippen LogP contribution in [-0.2, 0) is 12.8 Å². The summed E-state index contributed by atoms with van der Waals surface area (Å²) in [6.07, 6.45) is 8.60. The van der Waals surface area contributed by atoms with Gasteiger partial charge in [-0.15, -0.1) is 0 Å². The van der Waals surface area contributed by atoms with Crippen molar-refractivity contribution in [1.82, 2.24) is 4.98 Å². The van der Waals surface area contributed by atoms with Gasteiger partial charge in [-0.2, -0.15) is 0 Å². The van der Waals surface area contributed by atoms with Gasteiger partial charge in [-0.3, -0.25) is 4.98 Å². The van der Waals surface area contributed by atoms with Gasteiger partial charge in [0.25, 0.3) is 0 Å². The monoisotopic (exact) mass is 361 g/mol. The standard InChI is InChI=1S/C25H28FN/c1-3-5-6-7-8-20-11-15-23(24(26)17-20)25-16-14-22(18-27-25)21-12-9-19(4-2)10-13-21/h9-18H,3-8H2,1-2H3. The summed E-state index contributed by atoms with van der Waals surface area (Å²) in [6, 6.07) is 18.0. The molecule has 0 saturated carbocycles. The van der Waals surface area contributed by atoms with E-state index in [2.05, 4.69) is 43.1 Å². The average Bonchev–Trinajstić information content (AvgIpc) is 2.72. The first-order valence-electron chi connectivity index (χ1n) is 10.1. The molecule has 0 aliphatic carbocycles. The fraction of sp³-hybridized carbons (Fsp3) is 0.320. The molecule has 0 unspecified atom stereocenters. The maximum atomic E-state index is 14.6. The highest BCUT2D eigenvalue weighted by atomic mass is 19.1. The summed E-state index contributed by atoms with van der Waals surface area (Å²) in [6.45, 7) is 4.35. The van der Waals surface area contributed by atoms with Crippen molar-refractivity contribution in [2.24, 2.45) is 0 Å². The van der Waals surface area contributed by atoms with Crippen LogP contribution in [0, 0.1) is 5.82 Å². The molecule has 140 valence electrons. The van der Waals surface area contributed by atoms with Crippen LogP contribution < -0.4 is 0 Å². The lowest BCUT2D eigenvalue weighted by Gasteiger charge is -2.08. The Morgan fingerprint density at radius 3 is 2.15 bits per heavy atom. The van der Waals surface area contributed by atoms with E-state index >= 15 is 0 Å². The maximum absolute atomic E-state index is 14.6. The predicted molar refractivity (Wildman–Crippen MR) is 112 cm³/mol. The van der Waals surface area contributed by atoms with Gasteiger partial charge in [-0.1, -0.05) is 69.5 Å². The van der Waals surface area contributed by atoms with Crippen LogP contribution in [0.4, 0.5) is 4.39 Å². The van der Waals surface area contributed by atoms with Gasteiger partial charge in [0.1, 0.15) is 5.82 Å². The zero-order valence-electron chi connectivity index (χ0n) is 16.3. The van der Waals surface area contributed by atoms with Gasteiger partial charge in [-0.05, 0) is 54.2 Å². The van der Waals surface area contributed by atoms with Crippen molar-refractivity contribution in [3.05, 3.63) is 77.7 Å². The fourth-order valence-electron chi connectivity index (χ4n) is 3.33. The first-order valence-corrected chi connectivity index (χ1v) is 10.1. The molecule has 0 saturated heterocycles. The number of hydrogen-bond donors (Lipinski definition) is 0. The Bertz CT molecular complexity index is 850. The van der Waals surface area contributed by atoms with E-state index in [9.17, 15) is 4.39 Å². The summed E-state index contributed by atoms with van der Waals surface area (Å²) in [5.41, 5.74) is 5.82. The number of hydrogen-bond acceptors (Lipinski definition) is 1. The summed E-state index contributed by atoms with van der Waals surface area (Å²) < 4.78 is 14.6. The minimum atomic E-state index is -0.185. The number of halogens is 1. The highest BCUT2D eigenvalue weighted by Gasteiger charge is 2.08. The second-order valence-electron chi connectivity index (χ2n) is 7.11.